The number of hydrogen-bond acceptors (Lipinski definition) is 5. The van der Waals surface area contributed by atoms with Gasteiger partial charge in [0.1, 0.15) is 12.3 Å². The van der Waals surface area contributed by atoms with E-state index in [-0.39, 0.29) is 18.4 Å². The third-order valence-electron chi connectivity index (χ3n) is 3.65. The largest absolute Gasteiger partial charge is 0.497 e. The quantitative estimate of drug-likeness (QED) is 0.695. The molecule has 0 bridgehead atoms. The van der Waals surface area contributed by atoms with Crippen molar-refractivity contribution in [2.45, 2.75) is 26.2 Å². The molecule has 25 heavy (non-hydrogen) atoms. The number of anilines is 1. The first-order valence-electron chi connectivity index (χ1n) is 8.26. The molecule has 0 saturated heterocycles. The van der Waals surface area contributed by atoms with Crippen molar-refractivity contribution in [3.8, 4) is 5.75 Å². The van der Waals surface area contributed by atoms with Crippen molar-refractivity contribution in [2.24, 2.45) is 0 Å². The molecule has 0 fully saturated rings. The number of carbonyl (C=O) groups excluding carboxylic acids is 2. The lowest BCUT2D eigenvalue weighted by Gasteiger charge is -2.22. The molecular weight excluding hydrogens is 338 g/mol. The van der Waals surface area contributed by atoms with Crippen LogP contribution in [0, 0.1) is 0 Å². The molecule has 0 aliphatic rings. The Kier molecular flexibility index (Phi) is 7.40. The summed E-state index contributed by atoms with van der Waals surface area (Å²) in [5.74, 6) is 0.193. The fourth-order valence-corrected chi connectivity index (χ4v) is 2.91. The molecule has 1 N–H and O–H groups in total. The number of aromatic nitrogens is 1. The Bertz CT molecular complexity index is 689. The lowest BCUT2D eigenvalue weighted by molar-refractivity contribution is -0.116. The van der Waals surface area contributed by atoms with Gasteiger partial charge in [-0.2, -0.15) is 0 Å². The van der Waals surface area contributed by atoms with Gasteiger partial charge >= 0.3 is 0 Å². The van der Waals surface area contributed by atoms with E-state index in [1.165, 1.54) is 11.3 Å². The van der Waals surface area contributed by atoms with Crippen LogP contribution in [-0.4, -0.2) is 41.9 Å². The lowest BCUT2D eigenvalue weighted by Crippen LogP contribution is -2.38. The molecule has 2 aromatic rings. The Hall–Kier alpha value is -2.41. The first kappa shape index (κ1) is 18.9. The Balaban J connectivity index is 2.07. The molecule has 0 aliphatic heterocycles. The van der Waals surface area contributed by atoms with Gasteiger partial charge in [-0.3, -0.25) is 9.59 Å². The molecule has 7 heteroatoms. The van der Waals surface area contributed by atoms with E-state index in [1.54, 1.807) is 47.9 Å². The van der Waals surface area contributed by atoms with Crippen molar-refractivity contribution in [3.05, 3.63) is 41.4 Å². The van der Waals surface area contributed by atoms with Gasteiger partial charge in [0.15, 0.2) is 5.13 Å². The Labute approximate surface area is 151 Å². The summed E-state index contributed by atoms with van der Waals surface area (Å²) in [5.41, 5.74) is 0.512. The zero-order valence-corrected chi connectivity index (χ0v) is 15.3. The first-order valence-corrected chi connectivity index (χ1v) is 9.14. The topological polar surface area (TPSA) is 71.5 Å². The summed E-state index contributed by atoms with van der Waals surface area (Å²) in [6.45, 7) is 2.64. The van der Waals surface area contributed by atoms with E-state index in [0.717, 1.165) is 19.3 Å². The average Bonchev–Trinajstić information content (AvgIpc) is 3.13. The van der Waals surface area contributed by atoms with Crippen LogP contribution in [0.3, 0.4) is 0 Å². The molecule has 0 atom stereocenters. The smallest absolute Gasteiger partial charge is 0.254 e. The zero-order valence-electron chi connectivity index (χ0n) is 14.5. The number of carbonyl (C=O) groups is 2. The van der Waals surface area contributed by atoms with Gasteiger partial charge < -0.3 is 15.0 Å². The second-order valence-electron chi connectivity index (χ2n) is 5.55. The van der Waals surface area contributed by atoms with Crippen LogP contribution in [0.25, 0.3) is 0 Å². The van der Waals surface area contributed by atoms with Gasteiger partial charge in [0.25, 0.3) is 5.91 Å². The van der Waals surface area contributed by atoms with E-state index in [4.69, 9.17) is 4.74 Å². The van der Waals surface area contributed by atoms with E-state index >= 15 is 0 Å². The van der Waals surface area contributed by atoms with Gasteiger partial charge in [0.2, 0.25) is 5.91 Å². The van der Waals surface area contributed by atoms with Crippen LogP contribution in [0.5, 0.6) is 5.75 Å². The molecule has 0 unspecified atom stereocenters. The van der Waals surface area contributed by atoms with E-state index < -0.39 is 0 Å². The minimum atomic E-state index is -0.248. The summed E-state index contributed by atoms with van der Waals surface area (Å²) in [4.78, 5) is 30.7. The molecule has 1 aromatic carbocycles. The number of nitrogens with one attached hydrogen (secondary N) is 1. The SMILES string of the molecule is CCCCCN(CC(=O)Nc1nccs1)C(=O)c1cccc(OC)c1. The van der Waals surface area contributed by atoms with Gasteiger partial charge in [-0.1, -0.05) is 25.8 Å². The molecule has 0 saturated carbocycles. The Morgan fingerprint density at radius 3 is 2.84 bits per heavy atom. The maximum Gasteiger partial charge on any atom is 0.254 e. The predicted octanol–water partition coefficient (Wildman–Crippen LogP) is 3.42. The minimum Gasteiger partial charge on any atom is -0.497 e. The number of amides is 2. The summed E-state index contributed by atoms with van der Waals surface area (Å²) in [5, 5.41) is 5.04. The molecule has 1 heterocycles. The summed E-state index contributed by atoms with van der Waals surface area (Å²) in [6.07, 6.45) is 4.54. The van der Waals surface area contributed by atoms with Crippen molar-refractivity contribution in [1.82, 2.24) is 9.88 Å². The number of thiazole rings is 1. The molecule has 0 spiro atoms. The molecule has 134 valence electrons. The fraction of sp³-hybridized carbons (Fsp3) is 0.389. The Morgan fingerprint density at radius 1 is 1.32 bits per heavy atom. The fourth-order valence-electron chi connectivity index (χ4n) is 2.36. The molecule has 2 rings (SSSR count). The monoisotopic (exact) mass is 361 g/mol. The highest BCUT2D eigenvalue weighted by atomic mass is 32.1. The third-order valence-corrected chi connectivity index (χ3v) is 4.34. The van der Waals surface area contributed by atoms with Gasteiger partial charge in [-0.05, 0) is 24.6 Å². The molecule has 0 radical (unpaired) electrons. The van der Waals surface area contributed by atoms with E-state index in [1.807, 2.05) is 0 Å². The number of nitrogens with zero attached hydrogens (tertiary/aromatic N) is 2. The zero-order chi connectivity index (χ0) is 18.1. The Morgan fingerprint density at radius 2 is 2.16 bits per heavy atom. The standard InChI is InChI=1S/C18H23N3O3S/c1-3-4-5-10-21(13-16(22)20-18-19-9-11-25-18)17(23)14-7-6-8-15(12-14)24-2/h6-9,11-12H,3-5,10,13H2,1-2H3,(H,19,20,22). The highest BCUT2D eigenvalue weighted by Crippen LogP contribution is 2.16. The van der Waals surface area contributed by atoms with Crippen LogP contribution in [0.1, 0.15) is 36.5 Å². The van der Waals surface area contributed by atoms with Gasteiger partial charge in [-0.25, -0.2) is 4.98 Å². The van der Waals surface area contributed by atoms with Crippen molar-refractivity contribution < 1.29 is 14.3 Å². The summed E-state index contributed by atoms with van der Waals surface area (Å²) >= 11 is 1.35. The predicted molar refractivity (Wildman–Crippen MR) is 99.2 cm³/mol. The second-order valence-corrected chi connectivity index (χ2v) is 6.45. The van der Waals surface area contributed by atoms with Crippen molar-refractivity contribution in [2.75, 3.05) is 25.5 Å². The number of ether oxygens (including phenoxy) is 1. The van der Waals surface area contributed by atoms with E-state index in [2.05, 4.69) is 17.2 Å². The van der Waals surface area contributed by atoms with Crippen LogP contribution in [0.15, 0.2) is 35.8 Å². The second kappa shape index (κ2) is 9.78. The summed E-state index contributed by atoms with van der Waals surface area (Å²) in [7, 11) is 1.56. The van der Waals surface area contributed by atoms with Crippen molar-refractivity contribution >= 4 is 28.3 Å². The molecule has 1 aromatic heterocycles. The molecular formula is C18H23N3O3S. The average molecular weight is 361 g/mol. The van der Waals surface area contributed by atoms with Gasteiger partial charge in [0.05, 0.1) is 7.11 Å². The maximum atomic E-state index is 12.8. The highest BCUT2D eigenvalue weighted by molar-refractivity contribution is 7.13. The van der Waals surface area contributed by atoms with Crippen LogP contribution >= 0.6 is 11.3 Å². The van der Waals surface area contributed by atoms with Gasteiger partial charge in [-0.15, -0.1) is 11.3 Å². The molecule has 2 amide bonds. The van der Waals surface area contributed by atoms with Crippen LogP contribution < -0.4 is 10.1 Å². The van der Waals surface area contributed by atoms with Crippen molar-refractivity contribution in [1.29, 1.82) is 0 Å². The van der Waals surface area contributed by atoms with Crippen LogP contribution in [0.4, 0.5) is 5.13 Å². The maximum absolute atomic E-state index is 12.8. The van der Waals surface area contributed by atoms with Crippen molar-refractivity contribution in [3.63, 3.8) is 0 Å². The number of methoxy groups -OCH3 is 1. The molecule has 0 aliphatic carbocycles. The van der Waals surface area contributed by atoms with E-state index in [9.17, 15) is 9.59 Å². The third kappa shape index (κ3) is 5.86. The molecule has 6 nitrogen and oxygen atoms in total. The number of unbranched alkanes of at least 4 members (excludes halogenated alkanes) is 2. The van der Waals surface area contributed by atoms with E-state index in [0.29, 0.717) is 23.0 Å². The highest BCUT2D eigenvalue weighted by Gasteiger charge is 2.19. The number of benzene rings is 1. The minimum absolute atomic E-state index is 0.000657. The normalized spacial score (nSPS) is 10.3. The van der Waals surface area contributed by atoms with Gasteiger partial charge in [0, 0.05) is 23.7 Å². The van der Waals surface area contributed by atoms with Crippen LogP contribution in [0.2, 0.25) is 0 Å². The number of hydrogen-bond donors (Lipinski definition) is 1. The summed E-state index contributed by atoms with van der Waals surface area (Å²) < 4.78 is 5.18. The first-order chi connectivity index (χ1) is 12.1. The van der Waals surface area contributed by atoms with Crippen LogP contribution in [-0.2, 0) is 4.79 Å². The lowest BCUT2D eigenvalue weighted by atomic mass is 10.1. The summed E-state index contributed by atoms with van der Waals surface area (Å²) in [6, 6.07) is 6.98. The number of rotatable bonds is 9.